The topological polar surface area (TPSA) is 32.7 Å². The first-order valence-electron chi connectivity index (χ1n) is 11.8. The summed E-state index contributed by atoms with van der Waals surface area (Å²) in [5, 5.41) is 0. The van der Waals surface area contributed by atoms with Gasteiger partial charge in [0.1, 0.15) is 6.50 Å². The maximum atomic E-state index is 13.5. The highest BCUT2D eigenvalue weighted by atomic mass is 16.2. The van der Waals surface area contributed by atoms with Crippen LogP contribution in [0.2, 0.25) is 0 Å². The zero-order valence-corrected chi connectivity index (χ0v) is 17.3. The monoisotopic (exact) mass is 391 g/mol. The second-order valence-electron chi connectivity index (χ2n) is 9.42. The maximum Gasteiger partial charge on any atom is 0.244 e. The van der Waals surface area contributed by atoms with Crippen LogP contribution < -0.4 is 0 Å². The summed E-state index contributed by atoms with van der Waals surface area (Å²) in [6, 6.07) is 19.3. The van der Waals surface area contributed by atoms with E-state index >= 15 is 0 Å². The summed E-state index contributed by atoms with van der Waals surface area (Å²) < 4.78 is 17.4. The van der Waals surface area contributed by atoms with Gasteiger partial charge in [0.25, 0.3) is 0 Å². The van der Waals surface area contributed by atoms with Gasteiger partial charge in [0, 0.05) is 23.7 Å². The lowest BCUT2D eigenvalue weighted by Crippen LogP contribution is -2.43. The highest BCUT2D eigenvalue weighted by Crippen LogP contribution is 2.70. The fraction of sp³-hybridized carbons (Fsp3) is 0.462. The molecule has 2 bridgehead atoms. The Bertz CT molecular complexity index is 977. The van der Waals surface area contributed by atoms with Crippen molar-refractivity contribution in [1.29, 1.82) is 0 Å². The van der Waals surface area contributed by atoms with E-state index in [1.165, 1.54) is 6.42 Å². The quantitative estimate of drug-likeness (QED) is 0.412. The van der Waals surface area contributed by atoms with E-state index in [0.29, 0.717) is 18.2 Å². The van der Waals surface area contributed by atoms with E-state index in [1.807, 2.05) is 65.6 Å². The summed E-state index contributed by atoms with van der Waals surface area (Å²) in [6.07, 6.45) is 4.38. The van der Waals surface area contributed by atoms with Gasteiger partial charge in [-0.05, 0) is 42.4 Å². The number of carbonyl (C=O) groups excluding carboxylic acids is 1. The minimum atomic E-state index is -2.31. The molecule has 1 amide bonds. The van der Waals surface area contributed by atoms with Gasteiger partial charge in [-0.25, -0.2) is 0 Å². The molecule has 3 fully saturated rings. The molecule has 0 N–H and O–H groups in total. The smallest absolute Gasteiger partial charge is 0.244 e. The van der Waals surface area contributed by atoms with Gasteiger partial charge in [-0.1, -0.05) is 74.5 Å². The average Bonchev–Trinajstić information content (AvgIpc) is 3.36. The Morgan fingerprint density at radius 3 is 2.28 bits per heavy atom. The fourth-order valence-corrected chi connectivity index (χ4v) is 6.44. The Morgan fingerprint density at radius 1 is 1.07 bits per heavy atom. The van der Waals surface area contributed by atoms with E-state index < -0.39 is 12.4 Å². The zero-order valence-electron chi connectivity index (χ0n) is 19.3. The largest absolute Gasteiger partial charge is 0.337 e. The molecule has 0 radical (unpaired) electrons. The summed E-state index contributed by atoms with van der Waals surface area (Å²) >= 11 is 0. The molecule has 1 aliphatic heterocycles. The van der Waals surface area contributed by atoms with Gasteiger partial charge in [-0.3, -0.25) is 9.79 Å². The number of carbonyl (C=O) groups is 1. The van der Waals surface area contributed by atoms with Gasteiger partial charge in [0.05, 0.1) is 8.45 Å². The molecule has 1 spiro atoms. The summed E-state index contributed by atoms with van der Waals surface area (Å²) in [6.45, 7) is 3.04. The number of amides is 1. The normalized spacial score (nSPS) is 30.5. The van der Waals surface area contributed by atoms with Crippen LogP contribution >= 0.6 is 0 Å². The molecule has 3 atom stereocenters. The van der Waals surface area contributed by atoms with Crippen LogP contribution in [0.25, 0.3) is 0 Å². The van der Waals surface area contributed by atoms with Crippen LogP contribution in [0.1, 0.15) is 53.4 Å². The maximum absolute atomic E-state index is 13.5. The zero-order chi connectivity index (χ0) is 21.9. The Morgan fingerprint density at radius 2 is 1.69 bits per heavy atom. The lowest BCUT2D eigenvalue weighted by atomic mass is 9.67. The first-order chi connectivity index (χ1) is 14.8. The first-order valence-corrected chi connectivity index (χ1v) is 10.8. The predicted octanol–water partition coefficient (Wildman–Crippen LogP) is 4.95. The number of hydrogen-bond acceptors (Lipinski definition) is 2. The Balaban J connectivity index is 1.49. The van der Waals surface area contributed by atoms with Crippen LogP contribution in [-0.2, 0) is 4.79 Å². The Kier molecular flexibility index (Phi) is 3.86. The number of benzene rings is 2. The molecule has 3 nitrogen and oxygen atoms in total. The molecule has 2 aromatic rings. The second-order valence-corrected chi connectivity index (χ2v) is 9.42. The molecule has 3 unspecified atom stereocenters. The SMILES string of the molecule is [2H][13C]([2H])([15N]=C(c1ccccc1)c1ccccc1)[13C](=O)N1CCC23CCC(CC12)C3(C)C. The van der Waals surface area contributed by atoms with Crippen molar-refractivity contribution in [3.8, 4) is 0 Å². The molecule has 2 aromatic carbocycles. The lowest BCUT2D eigenvalue weighted by Gasteiger charge is -2.39. The molecule has 0 aromatic heterocycles. The van der Waals surface area contributed by atoms with Crippen LogP contribution in [0, 0.1) is 16.7 Å². The molecular weight excluding hydrogens is 359 g/mol. The molecule has 1 saturated heterocycles. The van der Waals surface area contributed by atoms with Crippen molar-refractivity contribution >= 4 is 11.6 Å². The van der Waals surface area contributed by atoms with Crippen LogP contribution in [0.4, 0.5) is 0 Å². The number of nitrogens with zero attached hydrogens (tertiary/aromatic N) is 2. The van der Waals surface area contributed by atoms with Crippen molar-refractivity contribution in [3.05, 3.63) is 71.8 Å². The Labute approximate surface area is 176 Å². The molecule has 3 heteroatoms. The van der Waals surface area contributed by atoms with E-state index in [4.69, 9.17) is 2.74 Å². The predicted molar refractivity (Wildman–Crippen MR) is 117 cm³/mol. The van der Waals surface area contributed by atoms with Crippen molar-refractivity contribution in [2.24, 2.45) is 21.7 Å². The van der Waals surface area contributed by atoms with Crippen molar-refractivity contribution in [2.45, 2.75) is 45.6 Å². The Hall–Kier alpha value is -2.42. The summed E-state index contributed by atoms with van der Waals surface area (Å²) in [5.74, 6) is 0.147. The van der Waals surface area contributed by atoms with Crippen molar-refractivity contribution < 1.29 is 7.54 Å². The fourth-order valence-electron chi connectivity index (χ4n) is 6.44. The standard InChI is InChI=1S/C26H30N2O/c1-25(2)21-13-14-26(25)15-16-28(22(26)17-21)23(29)18-27-24(19-9-5-3-6-10-19)20-11-7-4-8-12-20/h3-12,21-22H,13-18H2,1-2H3/i18+1D2,23+1,27+1. The van der Waals surface area contributed by atoms with Crippen molar-refractivity contribution in [3.63, 3.8) is 0 Å². The molecule has 29 heavy (non-hydrogen) atoms. The van der Waals surface area contributed by atoms with E-state index in [9.17, 15) is 4.79 Å². The lowest BCUT2D eigenvalue weighted by molar-refractivity contribution is -0.131. The third-order valence-electron chi connectivity index (χ3n) is 8.18. The average molecular weight is 392 g/mol. The van der Waals surface area contributed by atoms with Crippen LogP contribution in [0.3, 0.4) is 0 Å². The minimum absolute atomic E-state index is 0.148. The molecular formula is C26H30N2O. The number of likely N-dealkylation sites (tertiary alicyclic amines) is 1. The van der Waals surface area contributed by atoms with Crippen molar-refractivity contribution in [1.82, 2.24) is 4.90 Å². The number of hydrogen-bond donors (Lipinski definition) is 0. The van der Waals surface area contributed by atoms with Gasteiger partial charge in [0.15, 0.2) is 0 Å². The molecule has 1 heterocycles. The van der Waals surface area contributed by atoms with Gasteiger partial charge >= 0.3 is 0 Å². The van der Waals surface area contributed by atoms with E-state index in [-0.39, 0.29) is 16.9 Å². The summed E-state index contributed by atoms with van der Waals surface area (Å²) in [5.41, 5.74) is 2.51. The van der Waals surface area contributed by atoms with E-state index in [0.717, 1.165) is 30.4 Å². The second kappa shape index (κ2) is 6.83. The number of rotatable bonds is 4. The van der Waals surface area contributed by atoms with Gasteiger partial charge < -0.3 is 4.90 Å². The third-order valence-corrected chi connectivity index (χ3v) is 8.18. The van der Waals surface area contributed by atoms with Crippen molar-refractivity contribution in [2.75, 3.05) is 13.0 Å². The third kappa shape index (κ3) is 2.78. The number of fused-ring (bicyclic) bond motifs is 1. The van der Waals surface area contributed by atoms with Gasteiger partial charge in [-0.2, -0.15) is 0 Å². The molecule has 2 aliphatic carbocycles. The van der Waals surface area contributed by atoms with Gasteiger partial charge in [-0.15, -0.1) is 0 Å². The molecule has 2 saturated carbocycles. The summed E-state index contributed by atoms with van der Waals surface area (Å²) in [7, 11) is 0. The van der Waals surface area contributed by atoms with Gasteiger partial charge in [0.2, 0.25) is 5.91 Å². The van der Waals surface area contributed by atoms with Crippen LogP contribution in [-0.4, -0.2) is 35.6 Å². The molecule has 3 aliphatic rings. The molecule has 5 rings (SSSR count). The van der Waals surface area contributed by atoms with E-state index in [1.54, 1.807) is 0 Å². The highest BCUT2D eigenvalue weighted by molar-refractivity contribution is 6.13. The molecule has 150 valence electrons. The summed E-state index contributed by atoms with van der Waals surface area (Å²) in [4.78, 5) is 19.8. The number of aliphatic imine (C=N–C) groups is 1. The first kappa shape index (κ1) is 16.4. The van der Waals surface area contributed by atoms with E-state index in [2.05, 4.69) is 18.8 Å². The van der Waals surface area contributed by atoms with Crippen LogP contribution in [0.15, 0.2) is 65.7 Å². The highest BCUT2D eigenvalue weighted by Gasteiger charge is 2.67. The van der Waals surface area contributed by atoms with Crippen LogP contribution in [0.5, 0.6) is 0 Å². The minimum Gasteiger partial charge on any atom is -0.337 e.